The van der Waals surface area contributed by atoms with E-state index >= 15 is 0 Å². The zero-order valence-electron chi connectivity index (χ0n) is 12.8. The molecule has 2 rings (SSSR count). The van der Waals surface area contributed by atoms with Gasteiger partial charge in [0.05, 0.1) is 14.2 Å². The molecule has 20 heavy (non-hydrogen) atoms. The van der Waals surface area contributed by atoms with Crippen molar-refractivity contribution in [2.75, 3.05) is 33.9 Å². The molecule has 0 aromatic heterocycles. The molecule has 0 spiro atoms. The third-order valence-corrected chi connectivity index (χ3v) is 4.24. The molecule has 1 heterocycles. The average molecular weight is 278 g/mol. The highest BCUT2D eigenvalue weighted by Gasteiger charge is 2.24. The van der Waals surface area contributed by atoms with E-state index in [1.807, 2.05) is 6.07 Å². The van der Waals surface area contributed by atoms with E-state index in [2.05, 4.69) is 24.0 Å². The zero-order valence-corrected chi connectivity index (χ0v) is 12.8. The predicted octanol–water partition coefficient (Wildman–Crippen LogP) is 2.44. The molecule has 1 aliphatic heterocycles. The number of methoxy groups -OCH3 is 2. The molecule has 0 bridgehead atoms. The largest absolute Gasteiger partial charge is 0.497 e. The van der Waals surface area contributed by atoms with E-state index < -0.39 is 0 Å². The third-order valence-electron chi connectivity index (χ3n) is 4.24. The van der Waals surface area contributed by atoms with Crippen LogP contribution in [0.25, 0.3) is 0 Å². The number of likely N-dealkylation sites (tertiary alicyclic amines) is 1. The highest BCUT2D eigenvalue weighted by Crippen LogP contribution is 2.31. The molecular weight excluding hydrogens is 252 g/mol. The van der Waals surface area contributed by atoms with Gasteiger partial charge in [-0.2, -0.15) is 0 Å². The topological polar surface area (TPSA) is 47.7 Å². The monoisotopic (exact) mass is 278 g/mol. The summed E-state index contributed by atoms with van der Waals surface area (Å²) in [7, 11) is 3.36. The smallest absolute Gasteiger partial charge is 0.122 e. The second-order valence-electron chi connectivity index (χ2n) is 5.62. The lowest BCUT2D eigenvalue weighted by atomic mass is 9.95. The Morgan fingerprint density at radius 2 is 1.70 bits per heavy atom. The minimum absolute atomic E-state index is 0.242. The van der Waals surface area contributed by atoms with Crippen molar-refractivity contribution in [1.29, 1.82) is 0 Å². The Morgan fingerprint density at radius 1 is 1.15 bits per heavy atom. The summed E-state index contributed by atoms with van der Waals surface area (Å²) in [6.45, 7) is 5.17. The predicted molar refractivity (Wildman–Crippen MR) is 81.3 cm³/mol. The van der Waals surface area contributed by atoms with Gasteiger partial charge in [-0.25, -0.2) is 0 Å². The Bertz CT molecular complexity index is 406. The van der Waals surface area contributed by atoms with E-state index in [-0.39, 0.29) is 6.04 Å². The number of piperidine rings is 1. The van der Waals surface area contributed by atoms with Crippen LogP contribution in [0, 0.1) is 5.92 Å². The Balaban J connectivity index is 2.22. The second kappa shape index (κ2) is 6.95. The maximum Gasteiger partial charge on any atom is 0.122 e. The summed E-state index contributed by atoms with van der Waals surface area (Å²) in [5.41, 5.74) is 7.21. The van der Waals surface area contributed by atoms with Gasteiger partial charge in [-0.3, -0.25) is 4.90 Å². The first-order chi connectivity index (χ1) is 9.67. The van der Waals surface area contributed by atoms with Gasteiger partial charge in [-0.05, 0) is 49.5 Å². The molecule has 1 fully saturated rings. The Kier molecular flexibility index (Phi) is 5.26. The molecule has 1 saturated heterocycles. The molecule has 1 atom stereocenters. The quantitative estimate of drug-likeness (QED) is 0.898. The first-order valence-corrected chi connectivity index (χ1v) is 7.35. The van der Waals surface area contributed by atoms with Crippen LogP contribution in [0.3, 0.4) is 0 Å². The highest BCUT2D eigenvalue weighted by atomic mass is 16.5. The van der Waals surface area contributed by atoms with Gasteiger partial charge in [0.1, 0.15) is 11.5 Å². The van der Waals surface area contributed by atoms with E-state index in [0.717, 1.165) is 30.5 Å². The molecule has 0 amide bonds. The van der Waals surface area contributed by atoms with Crippen molar-refractivity contribution in [3.05, 3.63) is 23.8 Å². The van der Waals surface area contributed by atoms with Gasteiger partial charge in [0, 0.05) is 18.7 Å². The lowest BCUT2D eigenvalue weighted by Gasteiger charge is -2.36. The molecule has 2 N–H and O–H groups in total. The molecule has 1 aliphatic rings. The van der Waals surface area contributed by atoms with Crippen LogP contribution in [0.1, 0.15) is 31.4 Å². The van der Waals surface area contributed by atoms with Gasteiger partial charge in [-0.15, -0.1) is 0 Å². The molecule has 4 heteroatoms. The number of hydrogen-bond donors (Lipinski definition) is 1. The maximum atomic E-state index is 6.03. The molecule has 1 aromatic rings. The van der Waals surface area contributed by atoms with E-state index in [0.29, 0.717) is 6.54 Å². The Hall–Kier alpha value is -1.26. The van der Waals surface area contributed by atoms with Crippen LogP contribution in [0.2, 0.25) is 0 Å². The third kappa shape index (κ3) is 3.44. The van der Waals surface area contributed by atoms with Crippen molar-refractivity contribution < 1.29 is 9.47 Å². The summed E-state index contributed by atoms with van der Waals surface area (Å²) in [6, 6.07) is 6.28. The minimum atomic E-state index is 0.242. The van der Waals surface area contributed by atoms with Crippen LogP contribution in [0.4, 0.5) is 0 Å². The fraction of sp³-hybridized carbons (Fsp3) is 0.625. The maximum absolute atomic E-state index is 6.03. The molecule has 0 saturated carbocycles. The zero-order chi connectivity index (χ0) is 14.5. The molecule has 1 unspecified atom stereocenters. The summed E-state index contributed by atoms with van der Waals surface area (Å²) in [5, 5.41) is 0. The van der Waals surface area contributed by atoms with Crippen LogP contribution in [0.15, 0.2) is 18.2 Å². The summed E-state index contributed by atoms with van der Waals surface area (Å²) in [5.74, 6) is 2.47. The Labute approximate surface area is 121 Å². The molecule has 0 aliphatic carbocycles. The first kappa shape index (κ1) is 15.1. The van der Waals surface area contributed by atoms with E-state index in [1.165, 1.54) is 18.4 Å². The highest BCUT2D eigenvalue weighted by molar-refractivity contribution is 5.40. The first-order valence-electron chi connectivity index (χ1n) is 7.35. The van der Waals surface area contributed by atoms with Crippen LogP contribution < -0.4 is 15.2 Å². The number of ether oxygens (including phenoxy) is 2. The summed E-state index contributed by atoms with van der Waals surface area (Å²) < 4.78 is 10.7. The molecule has 4 nitrogen and oxygen atoms in total. The number of benzene rings is 1. The van der Waals surface area contributed by atoms with Crippen LogP contribution in [0.5, 0.6) is 11.5 Å². The minimum Gasteiger partial charge on any atom is -0.497 e. The molecule has 1 aromatic carbocycles. The lowest BCUT2D eigenvalue weighted by Crippen LogP contribution is -2.39. The summed E-state index contributed by atoms with van der Waals surface area (Å²) in [6.07, 6.45) is 2.50. The van der Waals surface area contributed by atoms with Crippen molar-refractivity contribution in [2.45, 2.75) is 25.8 Å². The van der Waals surface area contributed by atoms with Crippen molar-refractivity contribution in [1.82, 2.24) is 4.90 Å². The Morgan fingerprint density at radius 3 is 2.15 bits per heavy atom. The van der Waals surface area contributed by atoms with Gasteiger partial charge in [0.15, 0.2) is 0 Å². The van der Waals surface area contributed by atoms with Crippen molar-refractivity contribution in [3.8, 4) is 11.5 Å². The van der Waals surface area contributed by atoms with Crippen molar-refractivity contribution >= 4 is 0 Å². The van der Waals surface area contributed by atoms with Gasteiger partial charge >= 0.3 is 0 Å². The molecule has 0 radical (unpaired) electrons. The lowest BCUT2D eigenvalue weighted by molar-refractivity contribution is 0.141. The molecule has 112 valence electrons. The van der Waals surface area contributed by atoms with Crippen LogP contribution in [-0.2, 0) is 0 Å². The van der Waals surface area contributed by atoms with E-state index in [1.54, 1.807) is 14.2 Å². The SMILES string of the molecule is COc1cc(OC)cc(C(CN)N2CCC(C)CC2)c1. The van der Waals surface area contributed by atoms with Crippen molar-refractivity contribution in [2.24, 2.45) is 11.7 Å². The average Bonchev–Trinajstić information content (AvgIpc) is 2.49. The van der Waals surface area contributed by atoms with Crippen LogP contribution >= 0.6 is 0 Å². The van der Waals surface area contributed by atoms with Gasteiger partial charge in [0.25, 0.3) is 0 Å². The standard InChI is InChI=1S/C16H26N2O2/c1-12-4-6-18(7-5-12)16(11-17)13-8-14(19-2)10-15(9-13)20-3/h8-10,12,16H,4-7,11,17H2,1-3H3. The van der Waals surface area contributed by atoms with E-state index in [9.17, 15) is 0 Å². The van der Waals surface area contributed by atoms with E-state index in [4.69, 9.17) is 15.2 Å². The number of hydrogen-bond acceptors (Lipinski definition) is 4. The summed E-state index contributed by atoms with van der Waals surface area (Å²) in [4.78, 5) is 2.48. The fourth-order valence-electron chi connectivity index (χ4n) is 2.86. The molecular formula is C16H26N2O2. The van der Waals surface area contributed by atoms with Gasteiger partial charge in [-0.1, -0.05) is 6.92 Å². The van der Waals surface area contributed by atoms with Crippen LogP contribution in [-0.4, -0.2) is 38.8 Å². The number of nitrogens with two attached hydrogens (primary N) is 1. The van der Waals surface area contributed by atoms with Gasteiger partial charge in [0.2, 0.25) is 0 Å². The summed E-state index contributed by atoms with van der Waals surface area (Å²) >= 11 is 0. The van der Waals surface area contributed by atoms with Crippen molar-refractivity contribution in [3.63, 3.8) is 0 Å². The second-order valence-corrected chi connectivity index (χ2v) is 5.62. The van der Waals surface area contributed by atoms with Gasteiger partial charge < -0.3 is 15.2 Å². The number of nitrogens with zero attached hydrogens (tertiary/aromatic N) is 1. The fourth-order valence-corrected chi connectivity index (χ4v) is 2.86. The number of rotatable bonds is 5. The normalized spacial score (nSPS) is 18.8.